The minimum Gasteiger partial charge on any atom is -0.507 e. The van der Waals surface area contributed by atoms with Crippen LogP contribution in [0.5, 0.6) is 17.2 Å². The van der Waals surface area contributed by atoms with Crippen molar-refractivity contribution < 1.29 is 78.1 Å². The summed E-state index contributed by atoms with van der Waals surface area (Å²) in [5.74, 6) is -7.14. The second-order valence-corrected chi connectivity index (χ2v) is 19.6. The zero-order valence-corrected chi connectivity index (χ0v) is 40.6. The molecule has 0 radical (unpaired) electrons. The normalized spacial score (nSPS) is 27.0. The number of Topliss-reactive ketones (excluding diaryl/α,β-unsaturated/α-hetero) is 1. The van der Waals surface area contributed by atoms with Gasteiger partial charge in [-0.3, -0.25) is 43.3 Å². The fourth-order valence-electron chi connectivity index (χ4n) is 10.5. The van der Waals surface area contributed by atoms with Crippen LogP contribution < -0.4 is 26.0 Å². The number of fused-ring (bicyclic) bond motifs is 3. The SMILES string of the molecule is COc1cccc2c1C(=O)c1c(O)c3c(c(O)c1C2=O)C[C@@](O)(C(=O)CO)C[C@@H]3OC1CC(NC(=O)[C@H](CC(C)C)NC(=O)[C@@H]2CCCN2C(=O)CNC(=O)[C@H](C)NC(=O)[C@@H]2CCCN2C)C(O)C(C)O1. The van der Waals surface area contributed by atoms with Gasteiger partial charge in [0.05, 0.1) is 54.6 Å². The van der Waals surface area contributed by atoms with E-state index < -0.39 is 144 Å². The van der Waals surface area contributed by atoms with Gasteiger partial charge in [0.2, 0.25) is 35.3 Å². The van der Waals surface area contributed by atoms with Crippen LogP contribution in [0.4, 0.5) is 0 Å². The summed E-state index contributed by atoms with van der Waals surface area (Å²) in [5, 5.41) is 67.4. The predicted octanol–water partition coefficient (Wildman–Crippen LogP) is -0.604. The maximum absolute atomic E-state index is 14.1. The second kappa shape index (κ2) is 21.4. The number of rotatable bonds is 16. The number of methoxy groups -OCH3 is 1. The molecular weight excluding hydrogens is 929 g/mol. The molecular formula is C49H64N6O16. The number of ether oxygens (including phenoxy) is 3. The van der Waals surface area contributed by atoms with Gasteiger partial charge in [0, 0.05) is 42.5 Å². The Morgan fingerprint density at radius 2 is 1.59 bits per heavy atom. The molecule has 2 aliphatic carbocycles. The molecule has 9 N–H and O–H groups in total. The van der Waals surface area contributed by atoms with E-state index in [1.165, 1.54) is 44.1 Å². The summed E-state index contributed by atoms with van der Waals surface area (Å²) in [5.41, 5.74) is -4.38. The standard InChI is InChI=1S/C49H64N6O16/c1-22(2)16-28(53-48(67)30-12-9-15-55(30)34(58)20-50-45(64)23(3)51-47(66)29-11-8-14-54(29)5)46(65)52-27-17-35(70-24(4)40(27)59)71-32-19-49(68,33(57)21-56)18-26-37(32)44(63)39-38(42(26)61)41(60)25-10-7-13-31(69-6)36(25)43(39)62/h7,10,13,22-24,27-30,32,35,40,56,59,61,63,68H,8-9,11-12,14-21H2,1-6H3,(H,50,64)(H,51,66)(H,52,65)(H,53,67)/t23-,24?,27?,28-,29-,30-,32-,35?,40?,49-/m0/s1. The molecule has 0 aromatic heterocycles. The van der Waals surface area contributed by atoms with Gasteiger partial charge in [-0.1, -0.05) is 26.0 Å². The summed E-state index contributed by atoms with van der Waals surface area (Å²) in [6.45, 7) is 6.10. The zero-order valence-electron chi connectivity index (χ0n) is 40.6. The summed E-state index contributed by atoms with van der Waals surface area (Å²) in [4.78, 5) is 111. The summed E-state index contributed by atoms with van der Waals surface area (Å²) in [6.07, 6.45) is -4.49. The first-order valence-electron chi connectivity index (χ1n) is 24.0. The molecule has 0 bridgehead atoms. The number of phenolic OH excluding ortho intramolecular Hbond substituents is 2. The Labute approximate surface area is 409 Å². The number of likely N-dealkylation sites (N-methyl/N-ethyl adjacent to an activating group) is 1. The lowest BCUT2D eigenvalue weighted by molar-refractivity contribution is -0.249. The molecule has 71 heavy (non-hydrogen) atoms. The van der Waals surface area contributed by atoms with Gasteiger partial charge in [-0.15, -0.1) is 0 Å². The minimum atomic E-state index is -2.42. The highest BCUT2D eigenvalue weighted by atomic mass is 16.7. The van der Waals surface area contributed by atoms with E-state index in [0.717, 1.165) is 13.0 Å². The number of nitrogens with one attached hydrogen (secondary N) is 4. The molecule has 0 spiro atoms. The Hall–Kier alpha value is -6.04. The Morgan fingerprint density at radius 1 is 0.915 bits per heavy atom. The topological polar surface area (TPSA) is 320 Å². The van der Waals surface area contributed by atoms with Crippen molar-refractivity contribution in [1.29, 1.82) is 0 Å². The maximum Gasteiger partial charge on any atom is 0.243 e. The molecule has 3 aliphatic heterocycles. The Kier molecular flexibility index (Phi) is 15.9. The van der Waals surface area contributed by atoms with E-state index in [0.29, 0.717) is 12.8 Å². The number of nitrogens with zero attached hydrogens (tertiary/aromatic N) is 2. The molecule has 386 valence electrons. The third-order valence-electron chi connectivity index (χ3n) is 14.3. The molecule has 0 saturated carbocycles. The van der Waals surface area contributed by atoms with Crippen LogP contribution in [-0.4, -0.2) is 177 Å². The lowest BCUT2D eigenvalue weighted by Gasteiger charge is -2.43. The number of ketones is 3. The summed E-state index contributed by atoms with van der Waals surface area (Å²) >= 11 is 0. The average Bonchev–Trinajstić information content (AvgIpc) is 4.01. The summed E-state index contributed by atoms with van der Waals surface area (Å²) in [7, 11) is 3.12. The highest BCUT2D eigenvalue weighted by molar-refractivity contribution is 6.31. The van der Waals surface area contributed by atoms with Crippen LogP contribution in [0.2, 0.25) is 0 Å². The third-order valence-corrected chi connectivity index (χ3v) is 14.3. The molecule has 2 aromatic rings. The summed E-state index contributed by atoms with van der Waals surface area (Å²) in [6, 6.07) is -0.242. The number of hydrogen-bond donors (Lipinski definition) is 9. The monoisotopic (exact) mass is 992 g/mol. The predicted molar refractivity (Wildman–Crippen MR) is 248 cm³/mol. The number of benzene rings is 2. The van der Waals surface area contributed by atoms with Crippen LogP contribution in [-0.2, 0) is 44.7 Å². The molecule has 7 rings (SSSR count). The third kappa shape index (κ3) is 10.5. The van der Waals surface area contributed by atoms with Gasteiger partial charge in [0.25, 0.3) is 0 Å². The van der Waals surface area contributed by atoms with E-state index in [4.69, 9.17) is 14.2 Å². The van der Waals surface area contributed by atoms with Crippen molar-refractivity contribution in [2.75, 3.05) is 40.4 Å². The molecule has 5 amide bonds. The van der Waals surface area contributed by atoms with Gasteiger partial charge in [-0.2, -0.15) is 0 Å². The van der Waals surface area contributed by atoms with Crippen LogP contribution in [0.25, 0.3) is 0 Å². The number of amides is 5. The van der Waals surface area contributed by atoms with Crippen LogP contribution >= 0.6 is 0 Å². The van der Waals surface area contributed by atoms with Crippen molar-refractivity contribution in [3.8, 4) is 17.2 Å². The quantitative estimate of drug-likeness (QED) is 0.0809. The van der Waals surface area contributed by atoms with E-state index in [1.807, 2.05) is 25.8 Å². The van der Waals surface area contributed by atoms with Crippen molar-refractivity contribution >= 4 is 46.9 Å². The van der Waals surface area contributed by atoms with Gasteiger partial charge in [0.1, 0.15) is 53.7 Å². The molecule has 22 nitrogen and oxygen atoms in total. The van der Waals surface area contributed by atoms with Crippen molar-refractivity contribution in [1.82, 2.24) is 31.1 Å². The maximum atomic E-state index is 14.1. The fraction of sp³-hybridized carbons (Fsp3) is 0.592. The first-order chi connectivity index (χ1) is 33.6. The van der Waals surface area contributed by atoms with Crippen molar-refractivity contribution in [3.05, 3.63) is 51.6 Å². The molecule has 10 atom stereocenters. The van der Waals surface area contributed by atoms with Crippen LogP contribution in [0.15, 0.2) is 18.2 Å². The Bertz CT molecular complexity index is 2480. The number of aliphatic hydroxyl groups excluding tert-OH is 2. The first kappa shape index (κ1) is 52.8. The number of aliphatic hydroxyl groups is 3. The Balaban J connectivity index is 1.05. The molecule has 3 fully saturated rings. The highest BCUT2D eigenvalue weighted by Gasteiger charge is 2.51. The van der Waals surface area contributed by atoms with Gasteiger partial charge in [-0.05, 0) is 71.5 Å². The van der Waals surface area contributed by atoms with Gasteiger partial charge >= 0.3 is 0 Å². The molecule has 3 heterocycles. The lowest BCUT2D eigenvalue weighted by Crippen LogP contribution is -2.60. The van der Waals surface area contributed by atoms with E-state index in [9.17, 15) is 63.9 Å². The van der Waals surface area contributed by atoms with Crippen molar-refractivity contribution in [2.45, 2.75) is 139 Å². The van der Waals surface area contributed by atoms with Crippen LogP contribution in [0.3, 0.4) is 0 Å². The molecule has 4 unspecified atom stereocenters. The van der Waals surface area contributed by atoms with Crippen molar-refractivity contribution in [3.63, 3.8) is 0 Å². The number of aromatic hydroxyl groups is 2. The number of hydrogen-bond acceptors (Lipinski definition) is 17. The van der Waals surface area contributed by atoms with Gasteiger partial charge in [0.15, 0.2) is 17.9 Å². The number of carbonyl (C=O) groups excluding carboxylic acids is 8. The van der Waals surface area contributed by atoms with Gasteiger partial charge in [-0.25, -0.2) is 0 Å². The van der Waals surface area contributed by atoms with E-state index >= 15 is 0 Å². The average molecular weight is 993 g/mol. The minimum absolute atomic E-state index is 0.0283. The molecule has 3 saturated heterocycles. The van der Waals surface area contributed by atoms with E-state index in [1.54, 1.807) is 0 Å². The fourth-order valence-corrected chi connectivity index (χ4v) is 10.5. The molecule has 22 heteroatoms. The van der Waals surface area contributed by atoms with Gasteiger partial charge < -0.3 is 65.9 Å². The lowest BCUT2D eigenvalue weighted by atomic mass is 9.72. The van der Waals surface area contributed by atoms with E-state index in [2.05, 4.69) is 21.3 Å². The van der Waals surface area contributed by atoms with Crippen LogP contribution in [0.1, 0.15) is 122 Å². The van der Waals surface area contributed by atoms with E-state index in [-0.39, 0.29) is 71.7 Å². The number of likely N-dealkylation sites (tertiary alicyclic amines) is 2. The zero-order chi connectivity index (χ0) is 51.8. The number of carbonyl (C=O) groups is 8. The summed E-state index contributed by atoms with van der Waals surface area (Å²) < 4.78 is 17.7. The smallest absolute Gasteiger partial charge is 0.243 e. The second-order valence-electron chi connectivity index (χ2n) is 19.6. The largest absolute Gasteiger partial charge is 0.507 e. The molecule has 2 aromatic carbocycles. The number of phenols is 2. The van der Waals surface area contributed by atoms with Crippen molar-refractivity contribution in [2.24, 2.45) is 5.92 Å². The van der Waals surface area contributed by atoms with Crippen LogP contribution in [0, 0.1) is 5.92 Å². The first-order valence-corrected chi connectivity index (χ1v) is 24.0. The highest BCUT2D eigenvalue weighted by Crippen LogP contribution is 2.52. The Morgan fingerprint density at radius 3 is 2.25 bits per heavy atom. The molecule has 5 aliphatic rings.